The van der Waals surface area contributed by atoms with Crippen molar-refractivity contribution in [2.75, 3.05) is 0 Å². The van der Waals surface area contributed by atoms with E-state index in [1.165, 1.54) is 0 Å². The molecule has 0 saturated carbocycles. The molecule has 0 atom stereocenters. The Morgan fingerprint density at radius 2 is 1.14 bits per heavy atom. The molecule has 7 aromatic carbocycles. The van der Waals surface area contributed by atoms with Gasteiger partial charge in [-0.2, -0.15) is 0 Å². The second-order valence-corrected chi connectivity index (χ2v) is 11.6. The molecule has 0 N–H and O–H groups in total. The highest BCUT2D eigenvalue weighted by atomic mass is 16.3. The van der Waals surface area contributed by atoms with E-state index in [0.717, 1.165) is 26.5 Å². The molecule has 5 heteroatoms. The SMILES string of the molecule is [2H]c1c([2H])c([2H])c(-n2c3c([2H])c([2H])c([2H])c([2H])c3c3c([2H])c([2H])c([2H])c(-c4nc(-c5cccc(-c6ccccc6)c5)nc(-c5ccc6c(c5)oc5ccccc56)n4)c32)c([2H])c1[2H]. The molecule has 0 saturated heterocycles. The third-order valence-electron chi connectivity index (χ3n) is 8.65. The molecule has 50 heavy (non-hydrogen) atoms. The van der Waals surface area contributed by atoms with Gasteiger partial charge < -0.3 is 8.98 Å². The number of hydrogen-bond acceptors (Lipinski definition) is 4. The van der Waals surface area contributed by atoms with Crippen LogP contribution < -0.4 is 0 Å². The Kier molecular flexibility index (Phi) is 4.24. The van der Waals surface area contributed by atoms with E-state index in [1.807, 2.05) is 84.9 Å². The lowest BCUT2D eigenvalue weighted by Crippen LogP contribution is -2.02. The molecule has 0 aliphatic heterocycles. The van der Waals surface area contributed by atoms with Gasteiger partial charge in [0.1, 0.15) is 11.2 Å². The van der Waals surface area contributed by atoms with Crippen LogP contribution in [0.4, 0.5) is 0 Å². The van der Waals surface area contributed by atoms with E-state index in [-0.39, 0.29) is 44.8 Å². The van der Waals surface area contributed by atoms with Crippen LogP contribution in [0.5, 0.6) is 0 Å². The van der Waals surface area contributed by atoms with Crippen molar-refractivity contribution in [1.29, 1.82) is 0 Å². The third-order valence-corrected chi connectivity index (χ3v) is 8.65. The maximum atomic E-state index is 9.47. The Morgan fingerprint density at radius 1 is 0.460 bits per heavy atom. The van der Waals surface area contributed by atoms with Crippen molar-refractivity contribution in [2.45, 2.75) is 0 Å². The van der Waals surface area contributed by atoms with Gasteiger partial charge in [0.2, 0.25) is 0 Å². The summed E-state index contributed by atoms with van der Waals surface area (Å²) in [5, 5.41) is 1.27. The van der Waals surface area contributed by atoms with Gasteiger partial charge in [-0.1, -0.05) is 121 Å². The van der Waals surface area contributed by atoms with Gasteiger partial charge in [0.05, 0.1) is 27.5 Å². The quantitative estimate of drug-likeness (QED) is 0.186. The van der Waals surface area contributed by atoms with E-state index in [2.05, 4.69) is 0 Å². The number of hydrogen-bond donors (Lipinski definition) is 0. The fourth-order valence-corrected chi connectivity index (χ4v) is 6.39. The van der Waals surface area contributed by atoms with Crippen molar-refractivity contribution in [3.8, 4) is 51.0 Å². The second kappa shape index (κ2) is 11.4. The Labute approximate surface area is 304 Å². The maximum Gasteiger partial charge on any atom is 0.166 e. The summed E-state index contributed by atoms with van der Waals surface area (Å²) in [7, 11) is 0. The van der Waals surface area contributed by atoms with Gasteiger partial charge in [-0.3, -0.25) is 0 Å². The van der Waals surface area contributed by atoms with E-state index >= 15 is 0 Å². The molecule has 5 nitrogen and oxygen atoms in total. The standard InChI is InChI=1S/C45H28N4O/c1-3-13-29(14-4-1)30-15-11-16-31(27-30)43-46-44(32-25-26-36-35-20-8-10-24-40(35)50-41(36)28-32)48-45(47-43)38-22-12-21-37-34-19-7-9-23-39(34)49(42(37)38)33-17-5-2-6-18-33/h1-28H/i2D,5D,6D,7D,9D,12D,17D,18D,19D,21D,22D,23D. The van der Waals surface area contributed by atoms with Crippen LogP contribution in [-0.2, 0) is 0 Å². The average Bonchev–Trinajstić information content (AvgIpc) is 3.84. The molecule has 10 aromatic rings. The van der Waals surface area contributed by atoms with E-state index in [4.69, 9.17) is 33.1 Å². The smallest absolute Gasteiger partial charge is 0.166 e. The molecular formula is C45H28N4O. The van der Waals surface area contributed by atoms with Crippen molar-refractivity contribution in [3.05, 3.63) is 170 Å². The molecule has 0 aliphatic rings. The van der Waals surface area contributed by atoms with Gasteiger partial charge in [0.15, 0.2) is 17.5 Å². The lowest BCUT2D eigenvalue weighted by molar-refractivity contribution is 0.669. The number of para-hydroxylation sites is 4. The monoisotopic (exact) mass is 652 g/mol. The van der Waals surface area contributed by atoms with Crippen molar-refractivity contribution < 1.29 is 20.9 Å². The van der Waals surface area contributed by atoms with Crippen molar-refractivity contribution in [1.82, 2.24) is 19.5 Å². The van der Waals surface area contributed by atoms with Gasteiger partial charge in [-0.15, -0.1) is 0 Å². The second-order valence-electron chi connectivity index (χ2n) is 11.6. The van der Waals surface area contributed by atoms with Crippen molar-refractivity contribution in [3.63, 3.8) is 0 Å². The lowest BCUT2D eigenvalue weighted by atomic mass is 10.0. The van der Waals surface area contributed by atoms with E-state index in [9.17, 15) is 2.74 Å². The molecule has 0 fully saturated rings. The predicted octanol–water partition coefficient (Wildman–Crippen LogP) is 11.5. The van der Waals surface area contributed by atoms with Crippen LogP contribution in [0.2, 0.25) is 0 Å². The van der Waals surface area contributed by atoms with Gasteiger partial charge in [-0.25, -0.2) is 15.0 Å². The molecule has 0 aliphatic carbocycles. The molecule has 0 spiro atoms. The Balaban J connectivity index is 1.37. The number of fused-ring (bicyclic) bond motifs is 6. The van der Waals surface area contributed by atoms with Gasteiger partial charge >= 0.3 is 0 Å². The zero-order chi connectivity index (χ0) is 43.5. The van der Waals surface area contributed by atoms with Crippen LogP contribution >= 0.6 is 0 Å². The van der Waals surface area contributed by atoms with Crippen LogP contribution in [0.1, 0.15) is 16.4 Å². The summed E-state index contributed by atoms with van der Waals surface area (Å²) >= 11 is 0. The first kappa shape index (κ1) is 18.6. The van der Waals surface area contributed by atoms with Crippen LogP contribution in [0.15, 0.2) is 174 Å². The number of nitrogens with zero attached hydrogens (tertiary/aromatic N) is 4. The largest absolute Gasteiger partial charge is 0.456 e. The highest BCUT2D eigenvalue weighted by molar-refractivity contribution is 6.13. The number of benzene rings is 7. The van der Waals surface area contributed by atoms with Crippen LogP contribution in [0.25, 0.3) is 94.7 Å². The fraction of sp³-hybridized carbons (Fsp3) is 0. The van der Waals surface area contributed by atoms with Crippen LogP contribution in [0.3, 0.4) is 0 Å². The average molecular weight is 653 g/mol. The normalized spacial score (nSPS) is 15.0. The van der Waals surface area contributed by atoms with E-state index < -0.39 is 78.2 Å². The topological polar surface area (TPSA) is 56.7 Å². The van der Waals surface area contributed by atoms with E-state index in [1.54, 1.807) is 12.1 Å². The highest BCUT2D eigenvalue weighted by Crippen LogP contribution is 2.39. The molecule has 3 aromatic heterocycles. The predicted molar refractivity (Wildman–Crippen MR) is 203 cm³/mol. The minimum Gasteiger partial charge on any atom is -0.456 e. The van der Waals surface area contributed by atoms with E-state index in [0.29, 0.717) is 22.3 Å². The first-order valence-corrected chi connectivity index (χ1v) is 15.7. The minimum absolute atomic E-state index is 0.112. The van der Waals surface area contributed by atoms with Crippen molar-refractivity contribution in [2.24, 2.45) is 0 Å². The first-order valence-electron chi connectivity index (χ1n) is 21.7. The number of furan rings is 1. The molecule has 0 amide bonds. The maximum absolute atomic E-state index is 9.47. The van der Waals surface area contributed by atoms with Crippen LogP contribution in [0, 0.1) is 0 Å². The molecule has 234 valence electrons. The molecule has 10 rings (SSSR count). The fourth-order valence-electron chi connectivity index (χ4n) is 6.39. The summed E-state index contributed by atoms with van der Waals surface area (Å²) in [5.74, 6) is 0.0347. The zero-order valence-corrected chi connectivity index (χ0v) is 25.9. The van der Waals surface area contributed by atoms with Gasteiger partial charge in [0, 0.05) is 43.9 Å². The summed E-state index contributed by atoms with van der Waals surface area (Å²) in [6.07, 6.45) is 0. The lowest BCUT2D eigenvalue weighted by Gasteiger charge is -2.13. The molecule has 3 heterocycles. The summed E-state index contributed by atoms with van der Waals surface area (Å²) in [6, 6.07) is 22.2. The molecule has 0 radical (unpaired) electrons. The van der Waals surface area contributed by atoms with Gasteiger partial charge in [-0.05, 0) is 59.6 Å². The Morgan fingerprint density at radius 3 is 2.02 bits per heavy atom. The number of rotatable bonds is 5. The summed E-state index contributed by atoms with van der Waals surface area (Å²) < 4.78 is 114. The summed E-state index contributed by atoms with van der Waals surface area (Å²) in [5.41, 5.74) is 2.69. The molecule has 0 bridgehead atoms. The first-order chi connectivity index (χ1) is 29.8. The summed E-state index contributed by atoms with van der Waals surface area (Å²) in [4.78, 5) is 14.7. The number of aromatic nitrogens is 4. The van der Waals surface area contributed by atoms with Crippen LogP contribution in [-0.4, -0.2) is 19.5 Å². The Bertz CT molecular complexity index is 3540. The zero-order valence-electron chi connectivity index (χ0n) is 37.9. The van der Waals surface area contributed by atoms with Gasteiger partial charge in [0.25, 0.3) is 0 Å². The molecular weight excluding hydrogens is 613 g/mol. The third kappa shape index (κ3) is 4.60. The molecule has 0 unspecified atom stereocenters. The van der Waals surface area contributed by atoms with Crippen molar-refractivity contribution >= 4 is 43.7 Å². The Hall–Kier alpha value is -6.85. The minimum atomic E-state index is -0.725. The highest BCUT2D eigenvalue weighted by Gasteiger charge is 2.20. The summed E-state index contributed by atoms with van der Waals surface area (Å²) in [6.45, 7) is 0.